The number of ether oxygens (including phenoxy) is 2. The molecule has 0 radical (unpaired) electrons. The minimum atomic E-state index is -0.539. The summed E-state index contributed by atoms with van der Waals surface area (Å²) in [5, 5.41) is 0. The summed E-state index contributed by atoms with van der Waals surface area (Å²) in [6.45, 7) is 3.81. The summed E-state index contributed by atoms with van der Waals surface area (Å²) in [5.74, 6) is -0.112. The second-order valence-electron chi connectivity index (χ2n) is 5.18. The monoisotopic (exact) mass is 312 g/mol. The van der Waals surface area contributed by atoms with E-state index >= 15 is 0 Å². The van der Waals surface area contributed by atoms with Gasteiger partial charge in [0.15, 0.2) is 5.78 Å². The third-order valence-corrected chi connectivity index (χ3v) is 3.60. The Morgan fingerprint density at radius 1 is 1.04 bits per heavy atom. The third kappa shape index (κ3) is 3.97. The van der Waals surface area contributed by atoms with E-state index in [1.54, 1.807) is 12.1 Å². The topological polar surface area (TPSA) is 52.6 Å². The van der Waals surface area contributed by atoms with E-state index in [1.165, 1.54) is 14.0 Å². The van der Waals surface area contributed by atoms with Crippen LogP contribution in [0.5, 0.6) is 5.75 Å². The highest BCUT2D eigenvalue weighted by molar-refractivity contribution is 6.05. The summed E-state index contributed by atoms with van der Waals surface area (Å²) in [4.78, 5) is 23.7. The van der Waals surface area contributed by atoms with Crippen LogP contribution in [0.2, 0.25) is 0 Å². The second-order valence-corrected chi connectivity index (χ2v) is 5.18. The zero-order valence-corrected chi connectivity index (χ0v) is 13.6. The molecule has 0 aliphatic heterocycles. The van der Waals surface area contributed by atoms with Crippen molar-refractivity contribution in [1.82, 2.24) is 0 Å². The molecule has 2 aromatic carbocycles. The first-order valence-corrected chi connectivity index (χ1v) is 7.49. The summed E-state index contributed by atoms with van der Waals surface area (Å²) >= 11 is 0. The van der Waals surface area contributed by atoms with Crippen LogP contribution in [-0.4, -0.2) is 18.9 Å². The number of carbonyl (C=O) groups is 2. The Morgan fingerprint density at radius 2 is 1.74 bits per heavy atom. The molecule has 0 bridgehead atoms. The molecule has 4 nitrogen and oxygen atoms in total. The van der Waals surface area contributed by atoms with Crippen molar-refractivity contribution in [2.75, 3.05) is 7.11 Å². The Morgan fingerprint density at radius 3 is 2.30 bits per heavy atom. The predicted molar refractivity (Wildman–Crippen MR) is 87.9 cm³/mol. The molecule has 0 saturated carbocycles. The quantitative estimate of drug-likeness (QED) is 0.601. The Hall–Kier alpha value is -2.62. The molecule has 0 heterocycles. The van der Waals surface area contributed by atoms with Crippen LogP contribution in [0, 0.1) is 0 Å². The van der Waals surface area contributed by atoms with Crippen LogP contribution in [0.25, 0.3) is 0 Å². The number of ketones is 1. The zero-order valence-electron chi connectivity index (χ0n) is 13.6. The maximum atomic E-state index is 11.9. The van der Waals surface area contributed by atoms with Gasteiger partial charge in [0.25, 0.3) is 0 Å². The minimum absolute atomic E-state index is 0.172. The Balaban J connectivity index is 2.37. The van der Waals surface area contributed by atoms with Gasteiger partial charge in [-0.1, -0.05) is 37.3 Å². The Bertz CT molecular complexity index is 705. The fraction of sp³-hybridized carbons (Fsp3) is 0.263. The summed E-state index contributed by atoms with van der Waals surface area (Å²) in [6.07, 6.45) is 0.700. The van der Waals surface area contributed by atoms with E-state index in [-0.39, 0.29) is 11.3 Å². The summed E-state index contributed by atoms with van der Waals surface area (Å²) in [6, 6.07) is 13.1. The van der Waals surface area contributed by atoms with Crippen LogP contribution in [0.1, 0.15) is 45.7 Å². The van der Waals surface area contributed by atoms with Gasteiger partial charge in [-0.05, 0) is 36.6 Å². The van der Waals surface area contributed by atoms with E-state index in [9.17, 15) is 9.59 Å². The van der Waals surface area contributed by atoms with E-state index in [0.29, 0.717) is 24.3 Å². The van der Waals surface area contributed by atoms with E-state index in [1.807, 2.05) is 37.3 Å². The Kier molecular flexibility index (Phi) is 5.52. The molecule has 23 heavy (non-hydrogen) atoms. The predicted octanol–water partition coefficient (Wildman–Crippen LogP) is 3.82. The number of Topliss-reactive ketones (excluding diaryl/α,β-unsaturated/α-hetero) is 1. The number of methoxy groups -OCH3 is 1. The van der Waals surface area contributed by atoms with Crippen molar-refractivity contribution in [3.63, 3.8) is 0 Å². The highest BCUT2D eigenvalue weighted by Gasteiger charge is 2.19. The van der Waals surface area contributed by atoms with Crippen LogP contribution < -0.4 is 4.74 Å². The number of rotatable bonds is 6. The first-order chi connectivity index (χ1) is 11.1. The van der Waals surface area contributed by atoms with Gasteiger partial charge < -0.3 is 9.47 Å². The van der Waals surface area contributed by atoms with Crippen LogP contribution in [0.3, 0.4) is 0 Å². The van der Waals surface area contributed by atoms with Gasteiger partial charge in [-0.3, -0.25) is 4.79 Å². The van der Waals surface area contributed by atoms with Gasteiger partial charge in [0, 0.05) is 5.56 Å². The molecule has 0 N–H and O–H groups in total. The number of carbonyl (C=O) groups excluding carboxylic acids is 2. The van der Waals surface area contributed by atoms with E-state index in [2.05, 4.69) is 0 Å². The number of benzene rings is 2. The number of esters is 1. The van der Waals surface area contributed by atoms with Crippen LogP contribution in [0.4, 0.5) is 0 Å². The van der Waals surface area contributed by atoms with Crippen molar-refractivity contribution < 1.29 is 19.1 Å². The summed E-state index contributed by atoms with van der Waals surface area (Å²) in [5.41, 5.74) is 2.52. The van der Waals surface area contributed by atoms with Crippen molar-refractivity contribution in [3.8, 4) is 5.75 Å². The van der Waals surface area contributed by atoms with Gasteiger partial charge in [0.05, 0.1) is 12.7 Å². The molecule has 0 saturated heterocycles. The molecule has 0 unspecified atom stereocenters. The van der Waals surface area contributed by atoms with Crippen molar-refractivity contribution in [2.24, 2.45) is 0 Å². The normalized spacial score (nSPS) is 10.2. The molecule has 4 heteroatoms. The molecule has 0 spiro atoms. The lowest BCUT2D eigenvalue weighted by molar-refractivity contribution is 0.0596. The first kappa shape index (κ1) is 16.7. The zero-order chi connectivity index (χ0) is 16.8. The van der Waals surface area contributed by atoms with Gasteiger partial charge in [0.2, 0.25) is 0 Å². The highest BCUT2D eigenvalue weighted by Crippen LogP contribution is 2.26. The van der Waals surface area contributed by atoms with E-state index in [0.717, 1.165) is 11.1 Å². The smallest absolute Gasteiger partial charge is 0.338 e. The van der Waals surface area contributed by atoms with Gasteiger partial charge in [-0.25, -0.2) is 4.79 Å². The number of hydrogen-bond donors (Lipinski definition) is 0. The molecule has 0 amide bonds. The molecule has 120 valence electrons. The van der Waals surface area contributed by atoms with Crippen molar-refractivity contribution in [3.05, 3.63) is 64.7 Å². The standard InChI is InChI=1S/C19H20O4/c1-4-15-10-16(13(2)20)17(19(21)22-3)11-18(15)23-12-14-8-6-5-7-9-14/h5-11H,4,12H2,1-3H3. The molecule has 0 aliphatic rings. The maximum Gasteiger partial charge on any atom is 0.338 e. The molecule has 0 atom stereocenters. The number of hydrogen-bond acceptors (Lipinski definition) is 4. The molecular formula is C19H20O4. The average molecular weight is 312 g/mol. The van der Waals surface area contributed by atoms with Crippen molar-refractivity contribution >= 4 is 11.8 Å². The molecule has 2 aromatic rings. The highest BCUT2D eigenvalue weighted by atomic mass is 16.5. The first-order valence-electron chi connectivity index (χ1n) is 7.49. The molecule has 0 fully saturated rings. The molecular weight excluding hydrogens is 292 g/mol. The minimum Gasteiger partial charge on any atom is -0.489 e. The Labute approximate surface area is 136 Å². The van der Waals surface area contributed by atoms with Crippen LogP contribution >= 0.6 is 0 Å². The molecule has 0 aliphatic carbocycles. The van der Waals surface area contributed by atoms with Crippen molar-refractivity contribution in [2.45, 2.75) is 26.9 Å². The SMILES string of the molecule is CCc1cc(C(C)=O)c(C(=O)OC)cc1OCc1ccccc1. The second kappa shape index (κ2) is 7.58. The third-order valence-electron chi connectivity index (χ3n) is 3.60. The fourth-order valence-electron chi connectivity index (χ4n) is 2.34. The lowest BCUT2D eigenvalue weighted by Crippen LogP contribution is -2.11. The van der Waals surface area contributed by atoms with Crippen molar-refractivity contribution in [1.29, 1.82) is 0 Å². The van der Waals surface area contributed by atoms with Gasteiger partial charge in [-0.15, -0.1) is 0 Å². The van der Waals surface area contributed by atoms with Gasteiger partial charge in [-0.2, -0.15) is 0 Å². The summed E-state index contributed by atoms with van der Waals surface area (Å²) < 4.78 is 10.6. The lowest BCUT2D eigenvalue weighted by atomic mass is 9.99. The fourth-order valence-corrected chi connectivity index (χ4v) is 2.34. The van der Waals surface area contributed by atoms with Crippen LogP contribution in [0.15, 0.2) is 42.5 Å². The van der Waals surface area contributed by atoms with E-state index in [4.69, 9.17) is 9.47 Å². The number of aryl methyl sites for hydroxylation is 1. The maximum absolute atomic E-state index is 11.9. The summed E-state index contributed by atoms with van der Waals surface area (Å²) in [7, 11) is 1.30. The lowest BCUT2D eigenvalue weighted by Gasteiger charge is -2.14. The van der Waals surface area contributed by atoms with E-state index < -0.39 is 5.97 Å². The largest absolute Gasteiger partial charge is 0.489 e. The average Bonchev–Trinajstić information content (AvgIpc) is 2.59. The molecule has 0 aromatic heterocycles. The van der Waals surface area contributed by atoms with Gasteiger partial charge >= 0.3 is 5.97 Å². The molecule has 2 rings (SSSR count). The van der Waals surface area contributed by atoms with Crippen LogP contribution in [-0.2, 0) is 17.8 Å². The van der Waals surface area contributed by atoms with Gasteiger partial charge in [0.1, 0.15) is 12.4 Å².